The molecule has 0 radical (unpaired) electrons. The minimum atomic E-state index is 0.0283. The van der Waals surface area contributed by atoms with Crippen molar-refractivity contribution in [1.29, 1.82) is 0 Å². The lowest BCUT2D eigenvalue weighted by atomic mass is 10.3. The summed E-state index contributed by atoms with van der Waals surface area (Å²) in [4.78, 5) is 16.6. The summed E-state index contributed by atoms with van der Waals surface area (Å²) < 4.78 is 3.40. The van der Waals surface area contributed by atoms with Crippen molar-refractivity contribution in [3.05, 3.63) is 16.6 Å². The van der Waals surface area contributed by atoms with Crippen LogP contribution in [0, 0.1) is 0 Å². The molecule has 2 aromatic heterocycles. The van der Waals surface area contributed by atoms with Crippen molar-refractivity contribution in [2.45, 2.75) is 18.1 Å². The quantitative estimate of drug-likeness (QED) is 0.619. The molecular weight excluding hydrogens is 212 g/mol. The Hall–Kier alpha value is -1.30. The highest BCUT2D eigenvalue weighted by Crippen LogP contribution is 2.30. The van der Waals surface area contributed by atoms with Gasteiger partial charge in [0, 0.05) is 18.8 Å². The van der Waals surface area contributed by atoms with E-state index in [0.29, 0.717) is 11.0 Å². The SMILES string of the molecule is CC1CSc2nc3c(cnn3C)c(=O)n21. The lowest BCUT2D eigenvalue weighted by Crippen LogP contribution is -2.22. The van der Waals surface area contributed by atoms with Gasteiger partial charge in [0.2, 0.25) is 0 Å². The number of aryl methyl sites for hydroxylation is 1. The minimum Gasteiger partial charge on any atom is -0.283 e. The summed E-state index contributed by atoms with van der Waals surface area (Å²) in [5, 5.41) is 5.47. The van der Waals surface area contributed by atoms with Gasteiger partial charge in [0.05, 0.1) is 6.20 Å². The summed E-state index contributed by atoms with van der Waals surface area (Å²) in [6.45, 7) is 2.04. The van der Waals surface area contributed by atoms with E-state index >= 15 is 0 Å². The van der Waals surface area contributed by atoms with Gasteiger partial charge in [-0.1, -0.05) is 11.8 Å². The molecule has 0 fully saturated rings. The second-order valence-electron chi connectivity index (χ2n) is 3.74. The largest absolute Gasteiger partial charge is 0.283 e. The van der Waals surface area contributed by atoms with Gasteiger partial charge in [0.15, 0.2) is 10.8 Å². The maximum atomic E-state index is 12.1. The number of hydrogen-bond acceptors (Lipinski definition) is 4. The average Bonchev–Trinajstić information content (AvgIpc) is 2.74. The first-order valence-corrected chi connectivity index (χ1v) is 5.74. The fourth-order valence-corrected chi connectivity index (χ4v) is 2.93. The molecule has 3 rings (SSSR count). The molecule has 1 unspecified atom stereocenters. The lowest BCUT2D eigenvalue weighted by molar-refractivity contribution is 0.549. The van der Waals surface area contributed by atoms with Crippen LogP contribution in [0.25, 0.3) is 11.0 Å². The molecule has 0 aromatic carbocycles. The van der Waals surface area contributed by atoms with Crippen LogP contribution >= 0.6 is 11.8 Å². The van der Waals surface area contributed by atoms with Gasteiger partial charge in [-0.05, 0) is 6.92 Å². The number of nitrogens with zero attached hydrogens (tertiary/aromatic N) is 4. The summed E-state index contributed by atoms with van der Waals surface area (Å²) in [7, 11) is 1.80. The van der Waals surface area contributed by atoms with Gasteiger partial charge in [-0.3, -0.25) is 14.0 Å². The molecule has 0 bridgehead atoms. The first-order valence-electron chi connectivity index (χ1n) is 4.75. The van der Waals surface area contributed by atoms with Crippen molar-refractivity contribution in [3.63, 3.8) is 0 Å². The molecule has 0 amide bonds. The predicted molar refractivity (Wildman–Crippen MR) is 58.2 cm³/mol. The predicted octanol–water partition coefficient (Wildman–Crippen LogP) is 0.797. The zero-order valence-electron chi connectivity index (χ0n) is 8.47. The van der Waals surface area contributed by atoms with Crippen LogP contribution in [0.1, 0.15) is 13.0 Å². The van der Waals surface area contributed by atoms with Crippen molar-refractivity contribution in [2.75, 3.05) is 5.75 Å². The van der Waals surface area contributed by atoms with E-state index in [9.17, 15) is 4.79 Å². The van der Waals surface area contributed by atoms with Crippen molar-refractivity contribution >= 4 is 22.8 Å². The normalized spacial score (nSPS) is 19.7. The van der Waals surface area contributed by atoms with Crippen molar-refractivity contribution in [1.82, 2.24) is 19.3 Å². The van der Waals surface area contributed by atoms with E-state index in [1.807, 2.05) is 6.92 Å². The van der Waals surface area contributed by atoms with Crippen LogP contribution in [0.3, 0.4) is 0 Å². The molecule has 0 aliphatic carbocycles. The Balaban J connectivity index is 2.48. The van der Waals surface area contributed by atoms with Gasteiger partial charge >= 0.3 is 0 Å². The molecule has 2 aromatic rings. The van der Waals surface area contributed by atoms with Crippen LogP contribution in [-0.4, -0.2) is 25.1 Å². The lowest BCUT2D eigenvalue weighted by Gasteiger charge is -2.06. The fourth-order valence-electron chi connectivity index (χ4n) is 1.84. The highest BCUT2D eigenvalue weighted by molar-refractivity contribution is 7.99. The number of rotatable bonds is 0. The van der Waals surface area contributed by atoms with Gasteiger partial charge < -0.3 is 0 Å². The average molecular weight is 222 g/mol. The molecule has 1 aliphatic heterocycles. The molecule has 0 spiro atoms. The molecule has 3 heterocycles. The van der Waals surface area contributed by atoms with Gasteiger partial charge in [-0.25, -0.2) is 4.98 Å². The summed E-state index contributed by atoms with van der Waals surface area (Å²) in [6, 6.07) is 0.231. The van der Waals surface area contributed by atoms with E-state index in [4.69, 9.17) is 0 Å². The van der Waals surface area contributed by atoms with E-state index in [2.05, 4.69) is 10.1 Å². The van der Waals surface area contributed by atoms with E-state index in [1.54, 1.807) is 34.3 Å². The Morgan fingerprint density at radius 3 is 3.20 bits per heavy atom. The van der Waals surface area contributed by atoms with E-state index in [0.717, 1.165) is 10.9 Å². The van der Waals surface area contributed by atoms with Gasteiger partial charge in [0.25, 0.3) is 5.56 Å². The van der Waals surface area contributed by atoms with Crippen molar-refractivity contribution < 1.29 is 0 Å². The molecule has 1 aliphatic rings. The summed E-state index contributed by atoms with van der Waals surface area (Å²) in [5.41, 5.74) is 0.702. The zero-order chi connectivity index (χ0) is 10.6. The van der Waals surface area contributed by atoms with E-state index in [-0.39, 0.29) is 11.6 Å². The molecule has 6 heteroatoms. The first-order chi connectivity index (χ1) is 7.18. The van der Waals surface area contributed by atoms with Gasteiger partial charge in [-0.15, -0.1) is 0 Å². The molecule has 15 heavy (non-hydrogen) atoms. The van der Waals surface area contributed by atoms with Crippen LogP contribution in [-0.2, 0) is 7.05 Å². The number of aromatic nitrogens is 4. The third-order valence-corrected chi connectivity index (χ3v) is 3.85. The summed E-state index contributed by atoms with van der Waals surface area (Å²) in [6.07, 6.45) is 1.59. The van der Waals surface area contributed by atoms with E-state index < -0.39 is 0 Å². The smallest absolute Gasteiger partial charge is 0.265 e. The van der Waals surface area contributed by atoms with Crippen molar-refractivity contribution in [3.8, 4) is 0 Å². The number of fused-ring (bicyclic) bond motifs is 2. The highest BCUT2D eigenvalue weighted by Gasteiger charge is 2.23. The molecule has 0 saturated heterocycles. The Morgan fingerprint density at radius 1 is 1.60 bits per heavy atom. The third kappa shape index (κ3) is 1.08. The van der Waals surface area contributed by atoms with Crippen LogP contribution in [0.4, 0.5) is 0 Å². The standard InChI is InChI=1S/C9H10N4OS/c1-5-4-15-9-11-7-6(3-10-12(7)2)8(14)13(5)9/h3,5H,4H2,1-2H3. The molecule has 0 saturated carbocycles. The third-order valence-electron chi connectivity index (χ3n) is 2.66. The second kappa shape index (κ2) is 2.85. The van der Waals surface area contributed by atoms with Crippen LogP contribution in [0.2, 0.25) is 0 Å². The topological polar surface area (TPSA) is 52.7 Å². The summed E-state index contributed by atoms with van der Waals surface area (Å²) >= 11 is 1.63. The Morgan fingerprint density at radius 2 is 2.40 bits per heavy atom. The summed E-state index contributed by atoms with van der Waals surface area (Å²) in [5.74, 6) is 0.923. The van der Waals surface area contributed by atoms with Crippen molar-refractivity contribution in [2.24, 2.45) is 7.05 Å². The number of thioether (sulfide) groups is 1. The zero-order valence-corrected chi connectivity index (χ0v) is 9.28. The molecule has 0 N–H and O–H groups in total. The number of hydrogen-bond donors (Lipinski definition) is 0. The molecule has 1 atom stereocenters. The van der Waals surface area contributed by atoms with Crippen LogP contribution in [0.5, 0.6) is 0 Å². The van der Waals surface area contributed by atoms with E-state index in [1.165, 1.54) is 0 Å². The van der Waals surface area contributed by atoms with Crippen LogP contribution < -0.4 is 5.56 Å². The maximum absolute atomic E-state index is 12.1. The fraction of sp³-hybridized carbons (Fsp3) is 0.444. The molecule has 5 nitrogen and oxygen atoms in total. The second-order valence-corrected chi connectivity index (χ2v) is 4.72. The minimum absolute atomic E-state index is 0.0283. The Labute approximate surface area is 90.1 Å². The molecular formula is C9H10N4OS. The highest BCUT2D eigenvalue weighted by atomic mass is 32.2. The molecule has 78 valence electrons. The Bertz CT molecular complexity index is 600. The van der Waals surface area contributed by atoms with Gasteiger partial charge in [-0.2, -0.15) is 5.10 Å². The van der Waals surface area contributed by atoms with Gasteiger partial charge in [0.1, 0.15) is 5.39 Å². The first kappa shape index (κ1) is 8.96. The maximum Gasteiger partial charge on any atom is 0.265 e. The Kier molecular flexibility index (Phi) is 1.70. The van der Waals surface area contributed by atoms with Crippen LogP contribution in [0.15, 0.2) is 16.1 Å². The monoisotopic (exact) mass is 222 g/mol.